The lowest BCUT2D eigenvalue weighted by Crippen LogP contribution is -2.52. The van der Waals surface area contributed by atoms with E-state index >= 15 is 0 Å². The highest BCUT2D eigenvalue weighted by Gasteiger charge is 2.30. The molecule has 0 saturated carbocycles. The van der Waals surface area contributed by atoms with Gasteiger partial charge in [0.05, 0.1) is 17.5 Å². The summed E-state index contributed by atoms with van der Waals surface area (Å²) in [6.07, 6.45) is 8.96. The van der Waals surface area contributed by atoms with Crippen molar-refractivity contribution in [2.45, 2.75) is 65.3 Å². The Hall–Kier alpha value is -1.85. The number of aromatic nitrogens is 2. The molecular formula is C20H32N4O2. The van der Waals surface area contributed by atoms with Crippen LogP contribution in [0.15, 0.2) is 6.20 Å². The van der Waals surface area contributed by atoms with Crippen molar-refractivity contribution in [2.24, 2.45) is 5.92 Å². The number of carbonyl (C=O) groups is 2. The topological polar surface area (TPSA) is 58.4 Å². The SMILES string of the molecule is CCCC(CCC)C(=O)N1CCN(C(=O)c2cnn3c2CCCC3)CC1. The number of piperazine rings is 1. The van der Waals surface area contributed by atoms with Gasteiger partial charge >= 0.3 is 0 Å². The Morgan fingerprint density at radius 3 is 2.31 bits per heavy atom. The van der Waals surface area contributed by atoms with Crippen LogP contribution in [0.4, 0.5) is 0 Å². The number of carbonyl (C=O) groups excluding carboxylic acids is 2. The van der Waals surface area contributed by atoms with Crippen molar-refractivity contribution in [3.63, 3.8) is 0 Å². The fourth-order valence-electron chi connectivity index (χ4n) is 4.25. The molecule has 144 valence electrons. The van der Waals surface area contributed by atoms with E-state index in [1.165, 1.54) is 0 Å². The smallest absolute Gasteiger partial charge is 0.257 e. The lowest BCUT2D eigenvalue weighted by Gasteiger charge is -2.36. The maximum absolute atomic E-state index is 12.9. The molecule has 0 unspecified atom stereocenters. The van der Waals surface area contributed by atoms with Crippen LogP contribution < -0.4 is 0 Å². The predicted octanol–water partition coefficient (Wildman–Crippen LogP) is 2.72. The molecule has 1 aromatic rings. The number of hydrogen-bond donors (Lipinski definition) is 0. The third-order valence-electron chi connectivity index (χ3n) is 5.71. The summed E-state index contributed by atoms with van der Waals surface area (Å²) in [5.41, 5.74) is 1.85. The molecule has 2 aliphatic heterocycles. The second kappa shape index (κ2) is 8.69. The molecule has 0 aliphatic carbocycles. The van der Waals surface area contributed by atoms with Crippen LogP contribution >= 0.6 is 0 Å². The van der Waals surface area contributed by atoms with Gasteiger partial charge in [0.15, 0.2) is 0 Å². The second-order valence-electron chi connectivity index (χ2n) is 7.58. The molecule has 0 N–H and O–H groups in total. The first kappa shape index (κ1) is 18.9. The van der Waals surface area contributed by atoms with Gasteiger partial charge in [-0.05, 0) is 32.1 Å². The van der Waals surface area contributed by atoms with Gasteiger partial charge in [-0.1, -0.05) is 26.7 Å². The molecule has 1 saturated heterocycles. The second-order valence-corrected chi connectivity index (χ2v) is 7.58. The molecule has 0 bridgehead atoms. The standard InChI is InChI=1S/C20H32N4O2/c1-3-7-16(8-4-2)19(25)22-11-13-23(14-12-22)20(26)17-15-21-24-10-6-5-9-18(17)24/h15-16H,3-14H2,1-2H3. The number of fused-ring (bicyclic) bond motifs is 1. The van der Waals surface area contributed by atoms with E-state index in [0.717, 1.165) is 62.7 Å². The highest BCUT2D eigenvalue weighted by Crippen LogP contribution is 2.21. The van der Waals surface area contributed by atoms with Crippen LogP contribution in [0.3, 0.4) is 0 Å². The Bertz CT molecular complexity index is 626. The highest BCUT2D eigenvalue weighted by molar-refractivity contribution is 5.95. The molecule has 0 aromatic carbocycles. The number of rotatable bonds is 6. The van der Waals surface area contributed by atoms with Crippen LogP contribution in [-0.4, -0.2) is 57.6 Å². The molecule has 26 heavy (non-hydrogen) atoms. The van der Waals surface area contributed by atoms with Crippen molar-refractivity contribution in [3.05, 3.63) is 17.5 Å². The third kappa shape index (κ3) is 3.94. The van der Waals surface area contributed by atoms with Crippen LogP contribution in [0.1, 0.15) is 68.4 Å². The van der Waals surface area contributed by atoms with Gasteiger partial charge in [0.25, 0.3) is 5.91 Å². The summed E-state index contributed by atoms with van der Waals surface area (Å²) in [7, 11) is 0. The Morgan fingerprint density at radius 1 is 1.00 bits per heavy atom. The van der Waals surface area contributed by atoms with Crippen molar-refractivity contribution < 1.29 is 9.59 Å². The zero-order valence-electron chi connectivity index (χ0n) is 16.2. The molecule has 1 fully saturated rings. The van der Waals surface area contributed by atoms with Crippen LogP contribution in [-0.2, 0) is 17.8 Å². The predicted molar refractivity (Wildman–Crippen MR) is 101 cm³/mol. The van der Waals surface area contributed by atoms with E-state index in [1.54, 1.807) is 6.20 Å². The van der Waals surface area contributed by atoms with Gasteiger partial charge < -0.3 is 9.80 Å². The monoisotopic (exact) mass is 360 g/mol. The summed E-state index contributed by atoms with van der Waals surface area (Å²) >= 11 is 0. The van der Waals surface area contributed by atoms with Crippen molar-refractivity contribution in [1.29, 1.82) is 0 Å². The van der Waals surface area contributed by atoms with E-state index < -0.39 is 0 Å². The van der Waals surface area contributed by atoms with E-state index in [1.807, 2.05) is 14.5 Å². The first-order valence-corrected chi connectivity index (χ1v) is 10.3. The summed E-state index contributed by atoms with van der Waals surface area (Å²) in [4.78, 5) is 29.6. The lowest BCUT2D eigenvalue weighted by atomic mass is 9.96. The van der Waals surface area contributed by atoms with Crippen molar-refractivity contribution in [1.82, 2.24) is 19.6 Å². The van der Waals surface area contributed by atoms with Crippen molar-refractivity contribution >= 4 is 11.8 Å². The van der Waals surface area contributed by atoms with Crippen LogP contribution in [0, 0.1) is 5.92 Å². The van der Waals surface area contributed by atoms with Gasteiger partial charge in [-0.15, -0.1) is 0 Å². The zero-order chi connectivity index (χ0) is 18.5. The molecule has 2 amide bonds. The molecule has 3 heterocycles. The summed E-state index contributed by atoms with van der Waals surface area (Å²) in [6.45, 7) is 7.75. The lowest BCUT2D eigenvalue weighted by molar-refractivity contribution is -0.137. The molecule has 0 radical (unpaired) electrons. The maximum Gasteiger partial charge on any atom is 0.257 e. The van der Waals surface area contributed by atoms with Gasteiger partial charge in [0.2, 0.25) is 5.91 Å². The zero-order valence-corrected chi connectivity index (χ0v) is 16.2. The number of hydrogen-bond acceptors (Lipinski definition) is 3. The van der Waals surface area contributed by atoms with Crippen LogP contribution in [0.5, 0.6) is 0 Å². The van der Waals surface area contributed by atoms with Gasteiger partial charge in [0.1, 0.15) is 0 Å². The summed E-state index contributed by atoms with van der Waals surface area (Å²) in [5.74, 6) is 0.512. The quantitative estimate of drug-likeness (QED) is 0.784. The first-order chi connectivity index (χ1) is 12.7. The fraction of sp³-hybridized carbons (Fsp3) is 0.750. The molecule has 0 spiro atoms. The molecular weight excluding hydrogens is 328 g/mol. The first-order valence-electron chi connectivity index (χ1n) is 10.3. The maximum atomic E-state index is 12.9. The van der Waals surface area contributed by atoms with Gasteiger partial charge in [-0.3, -0.25) is 14.3 Å². The molecule has 6 heteroatoms. The van der Waals surface area contributed by atoms with E-state index in [0.29, 0.717) is 26.2 Å². The van der Waals surface area contributed by atoms with Crippen LogP contribution in [0.25, 0.3) is 0 Å². The van der Waals surface area contributed by atoms with Crippen LogP contribution in [0.2, 0.25) is 0 Å². The average molecular weight is 361 g/mol. The molecule has 3 rings (SSSR count). The number of amides is 2. The largest absolute Gasteiger partial charge is 0.339 e. The minimum atomic E-state index is 0.0823. The van der Waals surface area contributed by atoms with Crippen molar-refractivity contribution in [3.8, 4) is 0 Å². The molecule has 1 aromatic heterocycles. The molecule has 6 nitrogen and oxygen atoms in total. The number of nitrogens with zero attached hydrogens (tertiary/aromatic N) is 4. The average Bonchev–Trinajstić information content (AvgIpc) is 3.11. The van der Waals surface area contributed by atoms with E-state index in [-0.39, 0.29) is 17.7 Å². The van der Waals surface area contributed by atoms with E-state index in [9.17, 15) is 9.59 Å². The summed E-state index contributed by atoms with van der Waals surface area (Å²) < 4.78 is 1.98. The van der Waals surface area contributed by atoms with Gasteiger partial charge in [-0.2, -0.15) is 5.10 Å². The highest BCUT2D eigenvalue weighted by atomic mass is 16.2. The van der Waals surface area contributed by atoms with E-state index in [2.05, 4.69) is 18.9 Å². The van der Waals surface area contributed by atoms with E-state index in [4.69, 9.17) is 0 Å². The summed E-state index contributed by atoms with van der Waals surface area (Å²) in [5, 5.41) is 4.38. The Kier molecular flexibility index (Phi) is 6.33. The Labute approximate surface area is 156 Å². The van der Waals surface area contributed by atoms with Gasteiger partial charge in [0, 0.05) is 38.6 Å². The number of aryl methyl sites for hydroxylation is 1. The van der Waals surface area contributed by atoms with Crippen molar-refractivity contribution in [2.75, 3.05) is 26.2 Å². The molecule has 2 aliphatic rings. The third-order valence-corrected chi connectivity index (χ3v) is 5.71. The Balaban J connectivity index is 1.59. The van der Waals surface area contributed by atoms with Gasteiger partial charge in [-0.25, -0.2) is 0 Å². The minimum absolute atomic E-state index is 0.0823. The molecule has 0 atom stereocenters. The summed E-state index contributed by atoms with van der Waals surface area (Å²) in [6, 6.07) is 0. The Morgan fingerprint density at radius 2 is 1.65 bits per heavy atom. The minimum Gasteiger partial charge on any atom is -0.339 e. The fourth-order valence-corrected chi connectivity index (χ4v) is 4.25. The normalized spacial score (nSPS) is 17.5.